The first-order valence-electron chi connectivity index (χ1n) is 6.81. The molecule has 0 bridgehead atoms. The third-order valence-electron chi connectivity index (χ3n) is 3.13. The van der Waals surface area contributed by atoms with Crippen molar-refractivity contribution in [1.82, 2.24) is 14.8 Å². The van der Waals surface area contributed by atoms with Crippen LogP contribution in [0.5, 0.6) is 0 Å². The molecule has 0 spiro atoms. The molecule has 0 radical (unpaired) electrons. The molecular weight excluding hydrogens is 471 g/mol. The second-order valence-corrected chi connectivity index (χ2v) is 7.01. The van der Waals surface area contributed by atoms with Gasteiger partial charge >= 0.3 is 0 Å². The van der Waals surface area contributed by atoms with Gasteiger partial charge in [-0.25, -0.2) is 9.67 Å². The highest BCUT2D eigenvalue weighted by molar-refractivity contribution is 14.1. The minimum absolute atomic E-state index is 0.220. The van der Waals surface area contributed by atoms with Gasteiger partial charge in [0, 0.05) is 13.6 Å². The number of hydrogen-bond acceptors (Lipinski definition) is 3. The summed E-state index contributed by atoms with van der Waals surface area (Å²) in [6.45, 7) is 0.597. The Hall–Kier alpha value is -1.74. The minimum Gasteiger partial charge on any atom is -0.289 e. The summed E-state index contributed by atoms with van der Waals surface area (Å²) in [5.74, 6) is 0.0773. The van der Waals surface area contributed by atoms with E-state index in [0.29, 0.717) is 18.1 Å². The normalized spacial score (nSPS) is 10.5. The van der Waals surface area contributed by atoms with Crippen LogP contribution in [0.3, 0.4) is 0 Å². The van der Waals surface area contributed by atoms with Crippen LogP contribution >= 0.6 is 38.5 Å². The van der Waals surface area contributed by atoms with E-state index in [-0.39, 0.29) is 5.91 Å². The monoisotopic (exact) mass is 482 g/mol. The van der Waals surface area contributed by atoms with Crippen molar-refractivity contribution in [3.05, 3.63) is 74.0 Å². The second-order valence-electron chi connectivity index (χ2n) is 4.85. The number of carbonyl (C=O) groups excluding carboxylic acids is 1. The highest BCUT2D eigenvalue weighted by Gasteiger charge is 2.09. The maximum Gasteiger partial charge on any atom is 0.258 e. The van der Waals surface area contributed by atoms with Crippen molar-refractivity contribution in [2.45, 2.75) is 6.54 Å². The number of hydrogen-bond donors (Lipinski definition) is 1. The lowest BCUT2D eigenvalue weighted by Gasteiger charge is -2.02. The zero-order valence-electron chi connectivity index (χ0n) is 11.9. The molecule has 116 valence electrons. The average Bonchev–Trinajstić information content (AvgIpc) is 2.97. The quantitative estimate of drug-likeness (QED) is 0.573. The number of anilines is 1. The van der Waals surface area contributed by atoms with E-state index in [0.717, 1.165) is 13.6 Å². The fourth-order valence-corrected chi connectivity index (χ4v) is 2.60. The van der Waals surface area contributed by atoms with E-state index < -0.39 is 0 Å². The lowest BCUT2D eigenvalue weighted by Crippen LogP contribution is -2.13. The highest BCUT2D eigenvalue weighted by Crippen LogP contribution is 2.12. The fourth-order valence-electron chi connectivity index (χ4n) is 1.98. The SMILES string of the molecule is O=C(Nc1ncn(Cc2ccc(Br)cc2)n1)c1ccc(I)cc1. The molecule has 23 heavy (non-hydrogen) atoms. The maximum absolute atomic E-state index is 12.1. The molecule has 0 fully saturated rings. The lowest BCUT2D eigenvalue weighted by atomic mass is 10.2. The summed E-state index contributed by atoms with van der Waals surface area (Å²) in [5, 5.41) is 6.97. The predicted octanol–water partition coefficient (Wildman–Crippen LogP) is 3.95. The summed E-state index contributed by atoms with van der Waals surface area (Å²) in [7, 11) is 0. The molecule has 0 unspecified atom stereocenters. The van der Waals surface area contributed by atoms with E-state index >= 15 is 0 Å². The van der Waals surface area contributed by atoms with Crippen molar-refractivity contribution in [1.29, 1.82) is 0 Å². The van der Waals surface area contributed by atoms with E-state index in [1.807, 2.05) is 36.4 Å². The minimum atomic E-state index is -0.220. The summed E-state index contributed by atoms with van der Waals surface area (Å²) < 4.78 is 3.80. The van der Waals surface area contributed by atoms with Crippen LogP contribution in [0.25, 0.3) is 0 Å². The van der Waals surface area contributed by atoms with E-state index in [1.165, 1.54) is 0 Å². The molecule has 0 atom stereocenters. The van der Waals surface area contributed by atoms with E-state index in [1.54, 1.807) is 23.1 Å². The van der Waals surface area contributed by atoms with E-state index in [9.17, 15) is 4.79 Å². The van der Waals surface area contributed by atoms with Crippen LogP contribution in [0.1, 0.15) is 15.9 Å². The number of aromatic nitrogens is 3. The standard InChI is InChI=1S/C16H12BrIN4O/c17-13-5-1-11(2-6-13)9-22-10-19-16(21-22)20-15(23)12-3-7-14(18)8-4-12/h1-8,10H,9H2,(H,20,21,23). The maximum atomic E-state index is 12.1. The van der Waals surface area contributed by atoms with Crippen LogP contribution in [-0.4, -0.2) is 20.7 Å². The first kappa shape index (κ1) is 16.1. The molecule has 1 heterocycles. The number of nitrogens with one attached hydrogen (secondary N) is 1. The Kier molecular flexibility index (Phi) is 5.06. The van der Waals surface area contributed by atoms with Gasteiger partial charge < -0.3 is 0 Å². The molecule has 0 aliphatic rings. The van der Waals surface area contributed by atoms with Gasteiger partial charge in [0.2, 0.25) is 5.95 Å². The molecule has 1 aromatic heterocycles. The van der Waals surface area contributed by atoms with Gasteiger partial charge in [-0.3, -0.25) is 10.1 Å². The summed E-state index contributed by atoms with van der Waals surface area (Å²) in [6.07, 6.45) is 1.60. The number of carbonyl (C=O) groups is 1. The molecule has 0 aliphatic heterocycles. The Balaban J connectivity index is 1.66. The molecule has 0 saturated heterocycles. The van der Waals surface area contributed by atoms with Crippen LogP contribution in [0.15, 0.2) is 59.3 Å². The Morgan fingerprint density at radius 2 is 1.83 bits per heavy atom. The van der Waals surface area contributed by atoms with Gasteiger partial charge in [-0.2, -0.15) is 0 Å². The largest absolute Gasteiger partial charge is 0.289 e. The molecule has 0 saturated carbocycles. The average molecular weight is 483 g/mol. The first-order chi connectivity index (χ1) is 11.1. The molecule has 1 N–H and O–H groups in total. The Bertz CT molecular complexity index is 815. The van der Waals surface area contributed by atoms with Gasteiger partial charge in [0.15, 0.2) is 0 Å². The van der Waals surface area contributed by atoms with Gasteiger partial charge in [-0.05, 0) is 64.6 Å². The van der Waals surface area contributed by atoms with Crippen molar-refractivity contribution >= 4 is 50.4 Å². The molecule has 0 aliphatic carbocycles. The van der Waals surface area contributed by atoms with Gasteiger partial charge in [0.25, 0.3) is 5.91 Å². The van der Waals surface area contributed by atoms with Crippen LogP contribution in [-0.2, 0) is 6.54 Å². The predicted molar refractivity (Wildman–Crippen MR) is 100 cm³/mol. The van der Waals surface area contributed by atoms with Crippen LogP contribution in [0.4, 0.5) is 5.95 Å². The molecular formula is C16H12BrIN4O. The van der Waals surface area contributed by atoms with Crippen molar-refractivity contribution in [3.63, 3.8) is 0 Å². The van der Waals surface area contributed by atoms with Crippen molar-refractivity contribution in [3.8, 4) is 0 Å². The van der Waals surface area contributed by atoms with Gasteiger partial charge in [0.05, 0.1) is 6.54 Å². The van der Waals surface area contributed by atoms with Gasteiger partial charge in [-0.1, -0.05) is 28.1 Å². The van der Waals surface area contributed by atoms with E-state index in [4.69, 9.17) is 0 Å². The van der Waals surface area contributed by atoms with Crippen LogP contribution in [0.2, 0.25) is 0 Å². The highest BCUT2D eigenvalue weighted by atomic mass is 127. The number of halogens is 2. The Morgan fingerprint density at radius 1 is 1.13 bits per heavy atom. The number of amides is 1. The molecule has 5 nitrogen and oxygen atoms in total. The second kappa shape index (κ2) is 7.22. The molecule has 2 aromatic carbocycles. The van der Waals surface area contributed by atoms with Crippen LogP contribution in [0, 0.1) is 3.57 Å². The molecule has 3 aromatic rings. The Morgan fingerprint density at radius 3 is 2.52 bits per heavy atom. The Labute approximate surface area is 155 Å². The first-order valence-corrected chi connectivity index (χ1v) is 8.68. The smallest absolute Gasteiger partial charge is 0.258 e. The third kappa shape index (κ3) is 4.38. The third-order valence-corrected chi connectivity index (χ3v) is 4.37. The van der Waals surface area contributed by atoms with Crippen LogP contribution < -0.4 is 5.32 Å². The van der Waals surface area contributed by atoms with Gasteiger partial charge in [-0.15, -0.1) is 5.10 Å². The van der Waals surface area contributed by atoms with Gasteiger partial charge in [0.1, 0.15) is 6.33 Å². The van der Waals surface area contributed by atoms with Crippen molar-refractivity contribution in [2.75, 3.05) is 5.32 Å². The number of rotatable bonds is 4. The summed E-state index contributed by atoms with van der Waals surface area (Å²) >= 11 is 5.60. The van der Waals surface area contributed by atoms with E-state index in [2.05, 4.69) is 53.9 Å². The zero-order valence-corrected chi connectivity index (χ0v) is 15.7. The number of benzene rings is 2. The number of nitrogens with zero attached hydrogens (tertiary/aromatic N) is 3. The summed E-state index contributed by atoms with van der Waals surface area (Å²) in [5.41, 5.74) is 1.68. The lowest BCUT2D eigenvalue weighted by molar-refractivity contribution is 0.102. The zero-order chi connectivity index (χ0) is 16.2. The van der Waals surface area contributed by atoms with Crippen molar-refractivity contribution in [2.24, 2.45) is 0 Å². The summed E-state index contributed by atoms with van der Waals surface area (Å²) in [6, 6.07) is 15.3. The molecule has 3 rings (SSSR count). The molecule has 1 amide bonds. The fraction of sp³-hybridized carbons (Fsp3) is 0.0625. The van der Waals surface area contributed by atoms with Crippen molar-refractivity contribution < 1.29 is 4.79 Å². The summed E-state index contributed by atoms with van der Waals surface area (Å²) in [4.78, 5) is 16.2. The molecule has 7 heteroatoms. The topological polar surface area (TPSA) is 59.8 Å².